The molecule has 0 unspecified atom stereocenters. The molecule has 7 heteroatoms. The summed E-state index contributed by atoms with van der Waals surface area (Å²) in [5.41, 5.74) is 0.561. The zero-order chi connectivity index (χ0) is 16.4. The molecule has 118 valence electrons. The van der Waals surface area contributed by atoms with Crippen molar-refractivity contribution in [1.29, 1.82) is 0 Å². The van der Waals surface area contributed by atoms with Gasteiger partial charge >= 0.3 is 0 Å². The number of hydrogen-bond donors (Lipinski definition) is 1. The van der Waals surface area contributed by atoms with Crippen molar-refractivity contribution >= 4 is 23.2 Å². The second-order valence-corrected chi connectivity index (χ2v) is 5.34. The Morgan fingerprint density at radius 2 is 1.92 bits per heavy atom. The number of nitrogens with one attached hydrogen (secondary N) is 1. The quantitative estimate of drug-likeness (QED) is 0.576. The molecule has 0 bridgehead atoms. The third-order valence-electron chi connectivity index (χ3n) is 3.20. The number of aromatic nitrogens is 3. The van der Waals surface area contributed by atoms with Crippen molar-refractivity contribution in [3.63, 3.8) is 0 Å². The summed E-state index contributed by atoms with van der Waals surface area (Å²) >= 11 is 6.19. The Morgan fingerprint density at radius 1 is 0.958 bits per heavy atom. The zero-order valence-corrected chi connectivity index (χ0v) is 13.1. The zero-order valence-electron chi connectivity index (χ0n) is 12.3. The van der Waals surface area contributed by atoms with E-state index in [9.17, 15) is 0 Å². The molecule has 0 aliphatic rings. The van der Waals surface area contributed by atoms with Crippen LogP contribution in [0.1, 0.15) is 0 Å². The highest BCUT2D eigenvalue weighted by atomic mass is 35.5. The highest BCUT2D eigenvalue weighted by molar-refractivity contribution is 6.31. The second-order valence-electron chi connectivity index (χ2n) is 4.90. The van der Waals surface area contributed by atoms with Crippen LogP contribution in [-0.4, -0.2) is 15.0 Å². The van der Waals surface area contributed by atoms with E-state index in [2.05, 4.69) is 20.3 Å². The molecule has 0 atom stereocenters. The molecule has 0 saturated carbocycles. The number of pyridine rings is 2. The Hall–Kier alpha value is -3.12. The third-order valence-corrected chi connectivity index (χ3v) is 3.42. The van der Waals surface area contributed by atoms with Crippen LogP contribution < -0.4 is 5.32 Å². The Balaban J connectivity index is 1.66. The van der Waals surface area contributed by atoms with Gasteiger partial charge in [0.05, 0.1) is 12.5 Å². The molecular formula is C17H11ClN4O2. The fourth-order valence-corrected chi connectivity index (χ4v) is 2.37. The van der Waals surface area contributed by atoms with Crippen LogP contribution in [0.15, 0.2) is 70.0 Å². The van der Waals surface area contributed by atoms with Crippen molar-refractivity contribution in [2.24, 2.45) is 0 Å². The van der Waals surface area contributed by atoms with Crippen LogP contribution in [0.3, 0.4) is 0 Å². The summed E-state index contributed by atoms with van der Waals surface area (Å²) < 4.78 is 11.0. The average molecular weight is 339 g/mol. The molecule has 4 heterocycles. The largest absolute Gasteiger partial charge is 0.459 e. The van der Waals surface area contributed by atoms with Crippen molar-refractivity contribution in [3.8, 4) is 23.1 Å². The minimum Gasteiger partial charge on any atom is -0.459 e. The topological polar surface area (TPSA) is 77.0 Å². The first-order valence-corrected chi connectivity index (χ1v) is 7.51. The summed E-state index contributed by atoms with van der Waals surface area (Å²) in [5, 5.41) is 3.62. The standard InChI is InChI=1S/C17H11ClN4O2/c18-11-8-12(14-10-20-17(24-14)13-4-3-7-23-13)21-16(9-11)22-15-5-1-2-6-19-15/h1-10H,(H,19,21,22). The van der Waals surface area contributed by atoms with Crippen molar-refractivity contribution in [2.75, 3.05) is 5.32 Å². The number of nitrogens with zero attached hydrogens (tertiary/aromatic N) is 3. The Bertz CT molecular complexity index is 952. The first kappa shape index (κ1) is 14.5. The lowest BCUT2D eigenvalue weighted by Crippen LogP contribution is -1.96. The lowest BCUT2D eigenvalue weighted by molar-refractivity contribution is 0.523. The van der Waals surface area contributed by atoms with Gasteiger partial charge in [-0.15, -0.1) is 0 Å². The van der Waals surface area contributed by atoms with E-state index in [1.807, 2.05) is 18.2 Å². The molecule has 0 spiro atoms. The van der Waals surface area contributed by atoms with Gasteiger partial charge in [0.1, 0.15) is 17.3 Å². The molecule has 0 saturated heterocycles. The summed E-state index contributed by atoms with van der Waals surface area (Å²) in [6.45, 7) is 0. The molecule has 4 aromatic heterocycles. The molecule has 1 N–H and O–H groups in total. The van der Waals surface area contributed by atoms with E-state index in [0.29, 0.717) is 39.8 Å². The normalized spacial score (nSPS) is 10.7. The average Bonchev–Trinajstić information content (AvgIpc) is 3.27. The Morgan fingerprint density at radius 3 is 2.71 bits per heavy atom. The van der Waals surface area contributed by atoms with E-state index < -0.39 is 0 Å². The van der Waals surface area contributed by atoms with Gasteiger partial charge in [-0.05, 0) is 36.4 Å². The fraction of sp³-hybridized carbons (Fsp3) is 0. The predicted octanol–water partition coefficient (Wildman–Crippen LogP) is 4.79. The number of hydrogen-bond acceptors (Lipinski definition) is 6. The lowest BCUT2D eigenvalue weighted by atomic mass is 10.3. The van der Waals surface area contributed by atoms with Gasteiger partial charge in [0.2, 0.25) is 0 Å². The molecule has 4 rings (SSSR count). The Labute approximate surface area is 142 Å². The van der Waals surface area contributed by atoms with Gasteiger partial charge in [-0.2, -0.15) is 0 Å². The molecule has 4 aromatic rings. The SMILES string of the molecule is Clc1cc(Nc2ccccn2)nc(-c2cnc(-c3ccco3)o2)c1. The van der Waals surface area contributed by atoms with Crippen LogP contribution >= 0.6 is 11.6 Å². The van der Waals surface area contributed by atoms with Gasteiger partial charge in [-0.3, -0.25) is 0 Å². The molecule has 0 aliphatic heterocycles. The number of rotatable bonds is 4. The van der Waals surface area contributed by atoms with E-state index in [-0.39, 0.29) is 0 Å². The van der Waals surface area contributed by atoms with Gasteiger partial charge in [0, 0.05) is 11.2 Å². The maximum atomic E-state index is 6.19. The molecule has 0 aromatic carbocycles. The molecule has 0 radical (unpaired) electrons. The van der Waals surface area contributed by atoms with Gasteiger partial charge in [0.15, 0.2) is 11.5 Å². The smallest absolute Gasteiger partial charge is 0.263 e. The van der Waals surface area contributed by atoms with Crippen LogP contribution in [0.2, 0.25) is 5.02 Å². The van der Waals surface area contributed by atoms with Crippen molar-refractivity contribution in [2.45, 2.75) is 0 Å². The molecular weight excluding hydrogens is 328 g/mol. The van der Waals surface area contributed by atoms with E-state index in [1.54, 1.807) is 42.9 Å². The monoisotopic (exact) mass is 338 g/mol. The van der Waals surface area contributed by atoms with Crippen LogP contribution in [0, 0.1) is 0 Å². The highest BCUT2D eigenvalue weighted by Gasteiger charge is 2.13. The first-order chi connectivity index (χ1) is 11.8. The predicted molar refractivity (Wildman–Crippen MR) is 90.0 cm³/mol. The second kappa shape index (κ2) is 6.17. The van der Waals surface area contributed by atoms with E-state index >= 15 is 0 Å². The fourth-order valence-electron chi connectivity index (χ4n) is 2.16. The summed E-state index contributed by atoms with van der Waals surface area (Å²) in [6, 6.07) is 12.5. The van der Waals surface area contributed by atoms with E-state index in [0.717, 1.165) is 0 Å². The summed E-state index contributed by atoms with van der Waals surface area (Å²) in [5.74, 6) is 2.67. The lowest BCUT2D eigenvalue weighted by Gasteiger charge is -2.06. The number of halogens is 1. The van der Waals surface area contributed by atoms with Gasteiger partial charge in [0.25, 0.3) is 5.89 Å². The molecule has 0 aliphatic carbocycles. The minimum atomic E-state index is 0.385. The van der Waals surface area contributed by atoms with Crippen LogP contribution in [-0.2, 0) is 0 Å². The van der Waals surface area contributed by atoms with E-state index in [1.165, 1.54) is 0 Å². The maximum absolute atomic E-state index is 6.19. The molecule has 0 fully saturated rings. The van der Waals surface area contributed by atoms with Gasteiger partial charge in [-0.25, -0.2) is 15.0 Å². The molecule has 24 heavy (non-hydrogen) atoms. The summed E-state index contributed by atoms with van der Waals surface area (Å²) in [4.78, 5) is 12.9. The number of oxazole rings is 1. The minimum absolute atomic E-state index is 0.385. The van der Waals surface area contributed by atoms with Crippen LogP contribution in [0.4, 0.5) is 11.6 Å². The maximum Gasteiger partial charge on any atom is 0.263 e. The van der Waals surface area contributed by atoms with E-state index in [4.69, 9.17) is 20.4 Å². The number of anilines is 2. The highest BCUT2D eigenvalue weighted by Crippen LogP contribution is 2.28. The van der Waals surface area contributed by atoms with Crippen LogP contribution in [0.5, 0.6) is 0 Å². The van der Waals surface area contributed by atoms with Gasteiger partial charge < -0.3 is 14.2 Å². The van der Waals surface area contributed by atoms with Crippen molar-refractivity contribution < 1.29 is 8.83 Å². The third kappa shape index (κ3) is 3.00. The first-order valence-electron chi connectivity index (χ1n) is 7.14. The number of furan rings is 1. The van der Waals surface area contributed by atoms with Crippen molar-refractivity contribution in [3.05, 3.63) is 66.1 Å². The van der Waals surface area contributed by atoms with Gasteiger partial charge in [-0.1, -0.05) is 17.7 Å². The summed E-state index contributed by atoms with van der Waals surface area (Å²) in [6.07, 6.45) is 4.84. The molecule has 6 nitrogen and oxygen atoms in total. The van der Waals surface area contributed by atoms with Crippen LogP contribution in [0.25, 0.3) is 23.1 Å². The van der Waals surface area contributed by atoms with Crippen molar-refractivity contribution in [1.82, 2.24) is 15.0 Å². The summed E-state index contributed by atoms with van der Waals surface area (Å²) in [7, 11) is 0. The molecule has 0 amide bonds. The Kier molecular flexibility index (Phi) is 3.72.